The van der Waals surface area contributed by atoms with Gasteiger partial charge in [-0.05, 0) is 23.9 Å². The van der Waals surface area contributed by atoms with Crippen LogP contribution in [0.25, 0.3) is 0 Å². The molecule has 0 aliphatic rings. The van der Waals surface area contributed by atoms with E-state index in [1.807, 2.05) is 0 Å². The van der Waals surface area contributed by atoms with E-state index in [0.717, 1.165) is 35.2 Å². The Morgan fingerprint density at radius 1 is 1.38 bits per heavy atom. The number of aromatic nitrogens is 2. The van der Waals surface area contributed by atoms with Gasteiger partial charge >= 0.3 is 6.18 Å². The number of hydrogen-bond donors (Lipinski definition) is 0. The minimum Gasteiger partial charge on any atom is -0.369 e. The van der Waals surface area contributed by atoms with Crippen molar-refractivity contribution in [3.63, 3.8) is 0 Å². The van der Waals surface area contributed by atoms with E-state index < -0.39 is 22.4 Å². The van der Waals surface area contributed by atoms with Crippen LogP contribution in [-0.2, 0) is 6.18 Å². The number of alkyl halides is 3. The first-order valence-electron chi connectivity index (χ1n) is 6.24. The van der Waals surface area contributed by atoms with Crippen LogP contribution in [0.4, 0.5) is 24.0 Å². The Kier molecular flexibility index (Phi) is 5.39. The second-order valence-electron chi connectivity index (χ2n) is 4.60. The van der Waals surface area contributed by atoms with Crippen molar-refractivity contribution < 1.29 is 18.1 Å². The maximum Gasteiger partial charge on any atom is 0.416 e. The molecule has 24 heavy (non-hydrogen) atoms. The lowest BCUT2D eigenvalue weighted by Crippen LogP contribution is -2.06. The van der Waals surface area contributed by atoms with Gasteiger partial charge in [0, 0.05) is 20.2 Å². The Morgan fingerprint density at radius 2 is 2.08 bits per heavy atom. The van der Waals surface area contributed by atoms with E-state index in [1.165, 1.54) is 6.34 Å². The Bertz CT molecular complexity index is 776. The molecule has 0 radical (unpaired) electrons. The number of nitrogens with zero attached hydrogens (tertiary/aromatic N) is 5. The van der Waals surface area contributed by atoms with Crippen molar-refractivity contribution in [2.45, 2.75) is 15.4 Å². The highest BCUT2D eigenvalue weighted by Gasteiger charge is 2.33. The lowest BCUT2D eigenvalue weighted by molar-refractivity contribution is -0.388. The molecule has 1 heterocycles. The van der Waals surface area contributed by atoms with Crippen LogP contribution in [0.3, 0.4) is 0 Å². The molecule has 0 bridgehead atoms. The number of halogens is 3. The molecule has 0 N–H and O–H groups in total. The highest BCUT2D eigenvalue weighted by Crippen LogP contribution is 2.40. The summed E-state index contributed by atoms with van der Waals surface area (Å²) < 4.78 is 38.4. The van der Waals surface area contributed by atoms with Crippen LogP contribution in [0.2, 0.25) is 0 Å². The molecule has 0 amide bonds. The molecule has 0 unspecified atom stereocenters. The smallest absolute Gasteiger partial charge is 0.369 e. The molecular weight excluding hydrogens is 367 g/mol. The molecule has 0 spiro atoms. The largest absolute Gasteiger partial charge is 0.416 e. The standard InChI is InChI=1S/C12H10F3N5O2S2/c1-19(2)6-16-10-17-18-11(24-10)23-9-4-3-7(12(13,14)15)5-8(9)20(21)22/h3-6H,1-2H3/b16-6+. The minimum absolute atomic E-state index is 0.0484. The molecule has 0 saturated heterocycles. The maximum absolute atomic E-state index is 12.7. The zero-order valence-corrected chi connectivity index (χ0v) is 13.9. The summed E-state index contributed by atoms with van der Waals surface area (Å²) in [6.45, 7) is 0. The molecule has 0 saturated carbocycles. The molecule has 0 fully saturated rings. The Balaban J connectivity index is 2.28. The monoisotopic (exact) mass is 377 g/mol. The van der Waals surface area contributed by atoms with Gasteiger partial charge in [-0.2, -0.15) is 13.2 Å². The first kappa shape index (κ1) is 18.1. The number of rotatable bonds is 5. The van der Waals surface area contributed by atoms with Gasteiger partial charge < -0.3 is 4.90 Å². The summed E-state index contributed by atoms with van der Waals surface area (Å²) in [6, 6.07) is 2.35. The van der Waals surface area contributed by atoms with Crippen molar-refractivity contribution in [1.82, 2.24) is 15.1 Å². The summed E-state index contributed by atoms with van der Waals surface area (Å²) >= 11 is 1.94. The van der Waals surface area contributed by atoms with Gasteiger partial charge in [0.05, 0.1) is 21.7 Å². The number of nitro groups is 1. The summed E-state index contributed by atoms with van der Waals surface area (Å²) in [4.78, 5) is 15.9. The average Bonchev–Trinajstić information content (AvgIpc) is 2.91. The van der Waals surface area contributed by atoms with Crippen LogP contribution in [0.1, 0.15) is 5.56 Å². The van der Waals surface area contributed by atoms with Crippen molar-refractivity contribution in [1.29, 1.82) is 0 Å². The van der Waals surface area contributed by atoms with E-state index in [1.54, 1.807) is 19.0 Å². The van der Waals surface area contributed by atoms with E-state index in [0.29, 0.717) is 15.5 Å². The van der Waals surface area contributed by atoms with E-state index in [4.69, 9.17) is 0 Å². The fourth-order valence-corrected chi connectivity index (χ4v) is 3.20. The second-order valence-corrected chi connectivity index (χ2v) is 6.84. The fourth-order valence-electron chi connectivity index (χ4n) is 1.48. The van der Waals surface area contributed by atoms with Gasteiger partial charge in [0.1, 0.15) is 0 Å². The third-order valence-corrected chi connectivity index (χ3v) is 4.42. The van der Waals surface area contributed by atoms with Crippen molar-refractivity contribution in [2.75, 3.05) is 14.1 Å². The van der Waals surface area contributed by atoms with E-state index in [-0.39, 0.29) is 4.90 Å². The summed E-state index contributed by atoms with van der Waals surface area (Å²) in [5, 5.41) is 19.0. The number of aliphatic imine (C=N–C) groups is 1. The van der Waals surface area contributed by atoms with Gasteiger partial charge in [-0.25, -0.2) is 4.99 Å². The van der Waals surface area contributed by atoms with Crippen molar-refractivity contribution >= 4 is 40.3 Å². The summed E-state index contributed by atoms with van der Waals surface area (Å²) in [7, 11) is 3.54. The van der Waals surface area contributed by atoms with Crippen LogP contribution in [0.15, 0.2) is 32.4 Å². The van der Waals surface area contributed by atoms with E-state index in [9.17, 15) is 23.3 Å². The second kappa shape index (κ2) is 7.13. The Morgan fingerprint density at radius 3 is 2.67 bits per heavy atom. The minimum atomic E-state index is -4.65. The summed E-state index contributed by atoms with van der Waals surface area (Å²) in [5.74, 6) is 0. The Hall–Kier alpha value is -2.21. The summed E-state index contributed by atoms with van der Waals surface area (Å²) in [6.07, 6.45) is -3.14. The molecule has 12 heteroatoms. The van der Waals surface area contributed by atoms with Gasteiger partial charge in [0.2, 0.25) is 5.13 Å². The molecule has 1 aromatic carbocycles. The highest BCUT2D eigenvalue weighted by atomic mass is 32.2. The predicted molar refractivity (Wildman–Crippen MR) is 84.0 cm³/mol. The van der Waals surface area contributed by atoms with Gasteiger partial charge in [0.15, 0.2) is 4.34 Å². The molecule has 2 aromatic rings. The SMILES string of the molecule is CN(C)/C=N/c1nnc(Sc2ccc(C(F)(F)F)cc2[N+](=O)[O-])s1. The van der Waals surface area contributed by atoms with E-state index in [2.05, 4.69) is 15.2 Å². The van der Waals surface area contributed by atoms with Crippen LogP contribution < -0.4 is 0 Å². The van der Waals surface area contributed by atoms with Gasteiger partial charge in [0.25, 0.3) is 5.69 Å². The number of benzene rings is 1. The Labute approximate surface area is 142 Å². The van der Waals surface area contributed by atoms with Gasteiger partial charge in [-0.3, -0.25) is 10.1 Å². The molecule has 0 atom stereocenters. The quantitative estimate of drug-likeness (QED) is 0.341. The van der Waals surface area contributed by atoms with Crippen molar-refractivity contribution in [3.8, 4) is 0 Å². The summed E-state index contributed by atoms with van der Waals surface area (Å²) in [5.41, 5.74) is -1.71. The zero-order chi connectivity index (χ0) is 17.9. The van der Waals surface area contributed by atoms with Crippen molar-refractivity contribution in [2.24, 2.45) is 4.99 Å². The molecular formula is C12H10F3N5O2S2. The van der Waals surface area contributed by atoms with Gasteiger partial charge in [-0.1, -0.05) is 11.3 Å². The highest BCUT2D eigenvalue weighted by molar-refractivity contribution is 8.01. The third-order valence-electron chi connectivity index (χ3n) is 2.48. The van der Waals surface area contributed by atoms with Crippen LogP contribution >= 0.6 is 23.1 Å². The van der Waals surface area contributed by atoms with Crippen LogP contribution in [-0.4, -0.2) is 40.5 Å². The lowest BCUT2D eigenvalue weighted by atomic mass is 10.2. The van der Waals surface area contributed by atoms with Crippen LogP contribution in [0.5, 0.6) is 0 Å². The molecule has 0 aliphatic heterocycles. The third kappa shape index (κ3) is 4.64. The van der Waals surface area contributed by atoms with Crippen molar-refractivity contribution in [3.05, 3.63) is 33.9 Å². The molecule has 0 aliphatic carbocycles. The predicted octanol–water partition coefficient (Wildman–Crippen LogP) is 3.84. The number of nitro benzene ring substituents is 1. The maximum atomic E-state index is 12.7. The molecule has 1 aromatic heterocycles. The fraction of sp³-hybridized carbons (Fsp3) is 0.250. The molecule has 128 valence electrons. The lowest BCUT2D eigenvalue weighted by Gasteiger charge is -2.07. The first-order valence-corrected chi connectivity index (χ1v) is 7.87. The normalized spacial score (nSPS) is 11.9. The van der Waals surface area contributed by atoms with Gasteiger partial charge in [-0.15, -0.1) is 10.2 Å². The average molecular weight is 377 g/mol. The van der Waals surface area contributed by atoms with E-state index >= 15 is 0 Å². The number of hydrogen-bond acceptors (Lipinski definition) is 7. The first-order chi connectivity index (χ1) is 11.2. The molecule has 2 rings (SSSR count). The molecule has 7 nitrogen and oxygen atoms in total. The zero-order valence-electron chi connectivity index (χ0n) is 12.3. The van der Waals surface area contributed by atoms with Crippen LogP contribution in [0, 0.1) is 10.1 Å². The topological polar surface area (TPSA) is 84.5 Å².